The zero-order valence-electron chi connectivity index (χ0n) is 14.4. The lowest BCUT2D eigenvalue weighted by molar-refractivity contribution is 0.478. The Labute approximate surface area is 143 Å². The van der Waals surface area contributed by atoms with Gasteiger partial charge in [-0.15, -0.1) is 0 Å². The third-order valence-electron chi connectivity index (χ3n) is 4.85. The summed E-state index contributed by atoms with van der Waals surface area (Å²) in [6.07, 6.45) is 8.70. The van der Waals surface area contributed by atoms with E-state index in [1.807, 2.05) is 36.4 Å². The standard InChI is InChI=1S/C22H26O2/c1-2-3-4-5-6-7-10-16-13-14-19-20(15-16)22(24)18-12-9-8-11-17(18)21(19)23/h8-9,11-15,23-24H,2-7,10H2,1H3. The van der Waals surface area contributed by atoms with Gasteiger partial charge in [-0.2, -0.15) is 0 Å². The lowest BCUT2D eigenvalue weighted by Crippen LogP contribution is -1.88. The molecule has 3 aromatic rings. The number of hydrogen-bond donors (Lipinski definition) is 2. The molecule has 2 heteroatoms. The van der Waals surface area contributed by atoms with E-state index in [1.54, 1.807) is 0 Å². The first-order chi connectivity index (χ1) is 11.7. The Balaban J connectivity index is 1.83. The first-order valence-corrected chi connectivity index (χ1v) is 9.07. The number of phenols is 2. The van der Waals surface area contributed by atoms with E-state index in [2.05, 4.69) is 13.0 Å². The number of hydrogen-bond acceptors (Lipinski definition) is 2. The maximum absolute atomic E-state index is 10.6. The van der Waals surface area contributed by atoms with Crippen LogP contribution in [0.1, 0.15) is 51.0 Å². The van der Waals surface area contributed by atoms with Crippen LogP contribution in [-0.2, 0) is 6.42 Å². The molecule has 126 valence electrons. The summed E-state index contributed by atoms with van der Waals surface area (Å²) in [5.41, 5.74) is 1.22. The summed E-state index contributed by atoms with van der Waals surface area (Å²) in [6.45, 7) is 2.24. The monoisotopic (exact) mass is 322 g/mol. The first kappa shape index (κ1) is 16.6. The van der Waals surface area contributed by atoms with Gasteiger partial charge in [0.2, 0.25) is 0 Å². The number of aromatic hydroxyl groups is 2. The number of fused-ring (bicyclic) bond motifs is 2. The van der Waals surface area contributed by atoms with Gasteiger partial charge in [0.05, 0.1) is 0 Å². The molecule has 0 spiro atoms. The van der Waals surface area contributed by atoms with Crippen LogP contribution in [0.3, 0.4) is 0 Å². The van der Waals surface area contributed by atoms with Crippen LogP contribution in [-0.4, -0.2) is 10.2 Å². The molecular weight excluding hydrogens is 296 g/mol. The largest absolute Gasteiger partial charge is 0.507 e. The Morgan fingerprint density at radius 2 is 1.25 bits per heavy atom. The van der Waals surface area contributed by atoms with Gasteiger partial charge in [-0.1, -0.05) is 75.4 Å². The molecule has 0 atom stereocenters. The van der Waals surface area contributed by atoms with E-state index < -0.39 is 0 Å². The highest BCUT2D eigenvalue weighted by atomic mass is 16.3. The maximum atomic E-state index is 10.6. The van der Waals surface area contributed by atoms with Crippen molar-refractivity contribution < 1.29 is 10.2 Å². The van der Waals surface area contributed by atoms with Gasteiger partial charge in [0.1, 0.15) is 11.5 Å². The van der Waals surface area contributed by atoms with E-state index in [0.29, 0.717) is 10.8 Å². The van der Waals surface area contributed by atoms with Crippen molar-refractivity contribution in [2.45, 2.75) is 51.9 Å². The molecule has 0 aromatic heterocycles. The van der Waals surface area contributed by atoms with Crippen LogP contribution in [0, 0.1) is 0 Å². The van der Waals surface area contributed by atoms with Crippen molar-refractivity contribution >= 4 is 21.5 Å². The maximum Gasteiger partial charge on any atom is 0.131 e. The topological polar surface area (TPSA) is 40.5 Å². The third-order valence-corrected chi connectivity index (χ3v) is 4.85. The predicted molar refractivity (Wildman–Crippen MR) is 102 cm³/mol. The Kier molecular flexibility index (Phi) is 5.24. The number of benzene rings is 3. The minimum Gasteiger partial charge on any atom is -0.507 e. The van der Waals surface area contributed by atoms with Crippen LogP contribution < -0.4 is 0 Å². The summed E-state index contributed by atoms with van der Waals surface area (Å²) >= 11 is 0. The molecule has 2 N–H and O–H groups in total. The van der Waals surface area contributed by atoms with Crippen LogP contribution in [0.15, 0.2) is 42.5 Å². The number of phenolic OH excluding ortho intramolecular Hbond substituents is 2. The van der Waals surface area contributed by atoms with Crippen LogP contribution in [0.4, 0.5) is 0 Å². The van der Waals surface area contributed by atoms with Gasteiger partial charge in [0, 0.05) is 21.5 Å². The molecule has 0 aliphatic carbocycles. The van der Waals surface area contributed by atoms with Crippen LogP contribution in [0.5, 0.6) is 11.5 Å². The van der Waals surface area contributed by atoms with Crippen molar-refractivity contribution in [2.24, 2.45) is 0 Å². The smallest absolute Gasteiger partial charge is 0.131 e. The van der Waals surface area contributed by atoms with Crippen molar-refractivity contribution in [1.82, 2.24) is 0 Å². The molecule has 0 aliphatic heterocycles. The van der Waals surface area contributed by atoms with Crippen molar-refractivity contribution in [3.8, 4) is 11.5 Å². The zero-order chi connectivity index (χ0) is 16.9. The Hall–Kier alpha value is -2.22. The Morgan fingerprint density at radius 3 is 1.96 bits per heavy atom. The van der Waals surface area contributed by atoms with Gasteiger partial charge in [0.15, 0.2) is 0 Å². The predicted octanol–water partition coefficient (Wildman–Crippen LogP) is 6.31. The molecule has 3 rings (SSSR count). The normalized spacial score (nSPS) is 11.4. The van der Waals surface area contributed by atoms with E-state index in [1.165, 1.54) is 44.1 Å². The van der Waals surface area contributed by atoms with E-state index in [4.69, 9.17) is 0 Å². The third kappa shape index (κ3) is 3.33. The zero-order valence-corrected chi connectivity index (χ0v) is 14.4. The molecule has 0 aliphatic rings. The number of unbranched alkanes of at least 4 members (excludes halogenated alkanes) is 5. The van der Waals surface area contributed by atoms with Crippen molar-refractivity contribution in [3.05, 3.63) is 48.0 Å². The molecule has 2 nitrogen and oxygen atoms in total. The average Bonchev–Trinajstić information content (AvgIpc) is 2.62. The molecule has 0 bridgehead atoms. The van der Waals surface area contributed by atoms with Crippen LogP contribution in [0.25, 0.3) is 21.5 Å². The molecule has 0 amide bonds. The summed E-state index contributed by atoms with van der Waals surface area (Å²) < 4.78 is 0. The van der Waals surface area contributed by atoms with E-state index >= 15 is 0 Å². The molecular formula is C22H26O2. The number of rotatable bonds is 7. The minimum absolute atomic E-state index is 0.254. The molecule has 0 fully saturated rings. The van der Waals surface area contributed by atoms with E-state index in [0.717, 1.165) is 17.2 Å². The molecule has 0 unspecified atom stereocenters. The SMILES string of the molecule is CCCCCCCCc1ccc2c(O)c3ccccc3c(O)c2c1. The summed E-state index contributed by atoms with van der Waals surface area (Å²) in [5, 5.41) is 24.0. The molecule has 0 radical (unpaired) electrons. The Bertz CT molecular complexity index is 836. The summed E-state index contributed by atoms with van der Waals surface area (Å²) in [7, 11) is 0. The minimum atomic E-state index is 0.254. The van der Waals surface area contributed by atoms with Crippen molar-refractivity contribution in [3.63, 3.8) is 0 Å². The van der Waals surface area contributed by atoms with Gasteiger partial charge < -0.3 is 10.2 Å². The lowest BCUT2D eigenvalue weighted by atomic mass is 9.97. The van der Waals surface area contributed by atoms with Crippen molar-refractivity contribution in [2.75, 3.05) is 0 Å². The van der Waals surface area contributed by atoms with Crippen LogP contribution >= 0.6 is 0 Å². The fourth-order valence-electron chi connectivity index (χ4n) is 3.45. The average molecular weight is 322 g/mol. The van der Waals surface area contributed by atoms with E-state index in [9.17, 15) is 10.2 Å². The summed E-state index contributed by atoms with van der Waals surface area (Å²) in [5.74, 6) is 0.521. The summed E-state index contributed by atoms with van der Waals surface area (Å²) in [4.78, 5) is 0. The highest BCUT2D eigenvalue weighted by molar-refractivity contribution is 6.10. The lowest BCUT2D eigenvalue weighted by Gasteiger charge is -2.11. The van der Waals surface area contributed by atoms with Crippen LogP contribution in [0.2, 0.25) is 0 Å². The molecule has 0 saturated carbocycles. The summed E-state index contributed by atoms with van der Waals surface area (Å²) in [6, 6.07) is 13.5. The number of aryl methyl sites for hydroxylation is 1. The molecule has 0 saturated heterocycles. The van der Waals surface area contributed by atoms with E-state index in [-0.39, 0.29) is 11.5 Å². The van der Waals surface area contributed by atoms with Crippen molar-refractivity contribution in [1.29, 1.82) is 0 Å². The molecule has 0 heterocycles. The van der Waals surface area contributed by atoms with Gasteiger partial charge in [0.25, 0.3) is 0 Å². The Morgan fingerprint density at radius 1 is 0.667 bits per heavy atom. The highest BCUT2D eigenvalue weighted by Crippen LogP contribution is 2.41. The fourth-order valence-corrected chi connectivity index (χ4v) is 3.45. The van der Waals surface area contributed by atoms with Gasteiger partial charge in [-0.3, -0.25) is 0 Å². The first-order valence-electron chi connectivity index (χ1n) is 9.07. The van der Waals surface area contributed by atoms with Gasteiger partial charge >= 0.3 is 0 Å². The van der Waals surface area contributed by atoms with Gasteiger partial charge in [-0.05, 0) is 24.5 Å². The quantitative estimate of drug-likeness (QED) is 0.304. The fraction of sp³-hybridized carbons (Fsp3) is 0.364. The second-order valence-corrected chi connectivity index (χ2v) is 6.64. The second-order valence-electron chi connectivity index (χ2n) is 6.64. The second kappa shape index (κ2) is 7.57. The van der Waals surface area contributed by atoms with Gasteiger partial charge in [-0.25, -0.2) is 0 Å². The molecule has 3 aromatic carbocycles. The highest BCUT2D eigenvalue weighted by Gasteiger charge is 2.12. The molecule has 24 heavy (non-hydrogen) atoms.